The third-order valence-electron chi connectivity index (χ3n) is 3.37. The number of hydrogen-bond acceptors (Lipinski definition) is 3. The zero-order valence-corrected chi connectivity index (χ0v) is 15.0. The molecule has 0 aliphatic rings. The lowest BCUT2D eigenvalue weighted by Gasteiger charge is -2.18. The molecule has 5 nitrogen and oxygen atoms in total. The Kier molecular flexibility index (Phi) is 5.11. The van der Waals surface area contributed by atoms with Gasteiger partial charge in [-0.1, -0.05) is 34.6 Å². The molecule has 0 atom stereocenters. The van der Waals surface area contributed by atoms with Gasteiger partial charge in [0.25, 0.3) is 0 Å². The van der Waals surface area contributed by atoms with Crippen molar-refractivity contribution in [2.24, 2.45) is 11.3 Å². The SMILES string of the molecule is CC(C)Cn1c(NC(=O)CC(C)(C)C)nc2ccc(C(F)(F)F)nc21. The number of pyridine rings is 1. The van der Waals surface area contributed by atoms with Crippen LogP contribution in [-0.2, 0) is 17.5 Å². The number of carbonyl (C=O) groups is 1. The molecule has 2 heterocycles. The molecular weight excluding hydrogens is 333 g/mol. The van der Waals surface area contributed by atoms with Crippen molar-refractivity contribution in [3.8, 4) is 0 Å². The molecular formula is C17H23F3N4O. The first-order chi connectivity index (χ1) is 11.4. The van der Waals surface area contributed by atoms with E-state index in [1.54, 1.807) is 0 Å². The highest BCUT2D eigenvalue weighted by atomic mass is 19.4. The average Bonchev–Trinajstić information content (AvgIpc) is 2.72. The van der Waals surface area contributed by atoms with Gasteiger partial charge >= 0.3 is 6.18 Å². The van der Waals surface area contributed by atoms with Crippen molar-refractivity contribution in [3.63, 3.8) is 0 Å². The van der Waals surface area contributed by atoms with Crippen LogP contribution in [0.1, 0.15) is 46.7 Å². The second-order valence-corrected chi connectivity index (χ2v) is 7.76. The van der Waals surface area contributed by atoms with Crippen LogP contribution in [-0.4, -0.2) is 20.4 Å². The number of carbonyl (C=O) groups excluding carboxylic acids is 1. The van der Waals surface area contributed by atoms with Crippen molar-refractivity contribution < 1.29 is 18.0 Å². The number of fused-ring (bicyclic) bond motifs is 1. The fourth-order valence-electron chi connectivity index (χ4n) is 2.44. The highest BCUT2D eigenvalue weighted by molar-refractivity contribution is 5.91. The van der Waals surface area contributed by atoms with E-state index in [2.05, 4.69) is 15.3 Å². The van der Waals surface area contributed by atoms with Crippen LogP contribution in [0.3, 0.4) is 0 Å². The van der Waals surface area contributed by atoms with Gasteiger partial charge in [0.1, 0.15) is 11.2 Å². The molecule has 0 bridgehead atoms. The number of rotatable bonds is 4. The smallest absolute Gasteiger partial charge is 0.296 e. The van der Waals surface area contributed by atoms with Crippen LogP contribution in [0.4, 0.5) is 19.1 Å². The Morgan fingerprint density at radius 2 is 1.84 bits per heavy atom. The molecule has 0 fully saturated rings. The number of imidazole rings is 1. The number of hydrogen-bond donors (Lipinski definition) is 1. The van der Waals surface area contributed by atoms with E-state index in [4.69, 9.17) is 0 Å². The summed E-state index contributed by atoms with van der Waals surface area (Å²) in [6.45, 7) is 10.1. The molecule has 0 aromatic carbocycles. The van der Waals surface area contributed by atoms with Crippen molar-refractivity contribution in [1.82, 2.24) is 14.5 Å². The fourth-order valence-corrected chi connectivity index (χ4v) is 2.44. The lowest BCUT2D eigenvalue weighted by atomic mass is 9.92. The molecule has 0 saturated heterocycles. The second-order valence-electron chi connectivity index (χ2n) is 7.76. The molecule has 1 N–H and O–H groups in total. The number of nitrogens with one attached hydrogen (secondary N) is 1. The van der Waals surface area contributed by atoms with Gasteiger partial charge in [-0.3, -0.25) is 14.7 Å². The van der Waals surface area contributed by atoms with Gasteiger partial charge in [0.15, 0.2) is 5.65 Å². The van der Waals surface area contributed by atoms with Crippen molar-refractivity contribution >= 4 is 23.0 Å². The maximum absolute atomic E-state index is 13.0. The standard InChI is InChI=1S/C17H23F3N4O/c1-10(2)9-24-14-11(6-7-12(22-14)17(18,19)20)21-15(24)23-13(25)8-16(3,4)5/h6-7,10H,8-9H2,1-5H3,(H,21,23,25). The van der Waals surface area contributed by atoms with E-state index >= 15 is 0 Å². The minimum atomic E-state index is -4.53. The monoisotopic (exact) mass is 356 g/mol. The minimum Gasteiger partial charge on any atom is -0.296 e. The number of amides is 1. The van der Waals surface area contributed by atoms with Gasteiger partial charge in [-0.15, -0.1) is 0 Å². The van der Waals surface area contributed by atoms with Crippen molar-refractivity contribution in [3.05, 3.63) is 17.8 Å². The van der Waals surface area contributed by atoms with E-state index in [1.165, 1.54) is 10.6 Å². The summed E-state index contributed by atoms with van der Waals surface area (Å²) in [6.07, 6.45) is -4.25. The van der Waals surface area contributed by atoms with E-state index in [1.807, 2.05) is 34.6 Å². The number of aromatic nitrogens is 3. The van der Waals surface area contributed by atoms with Gasteiger partial charge in [0.05, 0.1) is 0 Å². The van der Waals surface area contributed by atoms with E-state index in [9.17, 15) is 18.0 Å². The number of alkyl halides is 3. The summed E-state index contributed by atoms with van der Waals surface area (Å²) in [7, 11) is 0. The van der Waals surface area contributed by atoms with Crippen LogP contribution in [0.2, 0.25) is 0 Å². The van der Waals surface area contributed by atoms with E-state index in [-0.39, 0.29) is 35.3 Å². The first kappa shape index (κ1) is 19.2. The summed E-state index contributed by atoms with van der Waals surface area (Å²) in [6, 6.07) is 2.18. The Hall–Kier alpha value is -2.12. The van der Waals surface area contributed by atoms with Crippen LogP contribution >= 0.6 is 0 Å². The van der Waals surface area contributed by atoms with Crippen molar-refractivity contribution in [1.29, 1.82) is 0 Å². The van der Waals surface area contributed by atoms with Crippen LogP contribution in [0.25, 0.3) is 11.2 Å². The Morgan fingerprint density at radius 1 is 1.20 bits per heavy atom. The molecule has 0 spiro atoms. The summed E-state index contributed by atoms with van der Waals surface area (Å²) >= 11 is 0. The maximum Gasteiger partial charge on any atom is 0.433 e. The zero-order valence-electron chi connectivity index (χ0n) is 15.0. The van der Waals surface area contributed by atoms with Gasteiger partial charge in [0.2, 0.25) is 11.9 Å². The molecule has 0 unspecified atom stereocenters. The summed E-state index contributed by atoms with van der Waals surface area (Å²) in [5.41, 5.74) is -0.743. The van der Waals surface area contributed by atoms with Gasteiger partial charge in [-0.2, -0.15) is 13.2 Å². The third kappa shape index (κ3) is 4.93. The molecule has 2 rings (SSSR count). The molecule has 8 heteroatoms. The Bertz CT molecular complexity index is 773. The Labute approximate surface area is 144 Å². The Morgan fingerprint density at radius 3 is 2.36 bits per heavy atom. The molecule has 2 aromatic rings. The number of anilines is 1. The molecule has 0 radical (unpaired) electrons. The molecule has 1 amide bonds. The van der Waals surface area contributed by atoms with Gasteiger partial charge in [-0.05, 0) is 23.5 Å². The maximum atomic E-state index is 13.0. The first-order valence-corrected chi connectivity index (χ1v) is 8.11. The summed E-state index contributed by atoms with van der Waals surface area (Å²) in [4.78, 5) is 20.2. The topological polar surface area (TPSA) is 59.8 Å². The first-order valence-electron chi connectivity index (χ1n) is 8.11. The zero-order chi connectivity index (χ0) is 19.0. The highest BCUT2D eigenvalue weighted by Crippen LogP contribution is 2.30. The quantitative estimate of drug-likeness (QED) is 0.879. The molecule has 25 heavy (non-hydrogen) atoms. The molecule has 0 aliphatic heterocycles. The predicted octanol–water partition coefficient (Wildman–Crippen LogP) is 4.48. The summed E-state index contributed by atoms with van der Waals surface area (Å²) in [5, 5.41) is 2.71. The van der Waals surface area contributed by atoms with Gasteiger partial charge in [-0.25, -0.2) is 9.97 Å². The molecule has 0 saturated carbocycles. The summed E-state index contributed by atoms with van der Waals surface area (Å²) < 4.78 is 40.4. The largest absolute Gasteiger partial charge is 0.433 e. The normalized spacial score (nSPS) is 12.8. The minimum absolute atomic E-state index is 0.120. The molecule has 138 valence electrons. The van der Waals surface area contributed by atoms with Crippen LogP contribution in [0.5, 0.6) is 0 Å². The van der Waals surface area contributed by atoms with Crippen LogP contribution in [0, 0.1) is 11.3 Å². The lowest BCUT2D eigenvalue weighted by Crippen LogP contribution is -2.22. The average molecular weight is 356 g/mol. The lowest BCUT2D eigenvalue weighted by molar-refractivity contribution is -0.141. The fraction of sp³-hybridized carbons (Fsp3) is 0.588. The highest BCUT2D eigenvalue weighted by Gasteiger charge is 2.33. The molecule has 2 aromatic heterocycles. The third-order valence-corrected chi connectivity index (χ3v) is 3.37. The predicted molar refractivity (Wildman–Crippen MR) is 90.1 cm³/mol. The number of nitrogens with zero attached hydrogens (tertiary/aromatic N) is 3. The van der Waals surface area contributed by atoms with Crippen LogP contribution in [0.15, 0.2) is 12.1 Å². The second kappa shape index (κ2) is 6.65. The summed E-state index contributed by atoms with van der Waals surface area (Å²) in [5.74, 6) is 0.139. The van der Waals surface area contributed by atoms with Crippen molar-refractivity contribution in [2.75, 3.05) is 5.32 Å². The van der Waals surface area contributed by atoms with Gasteiger partial charge in [0, 0.05) is 13.0 Å². The Balaban J connectivity index is 2.46. The van der Waals surface area contributed by atoms with Crippen LogP contribution < -0.4 is 5.32 Å². The van der Waals surface area contributed by atoms with Gasteiger partial charge < -0.3 is 0 Å². The number of halogens is 3. The van der Waals surface area contributed by atoms with E-state index < -0.39 is 11.9 Å². The molecule has 0 aliphatic carbocycles. The van der Waals surface area contributed by atoms with E-state index in [0.717, 1.165) is 6.07 Å². The van der Waals surface area contributed by atoms with Crippen molar-refractivity contribution in [2.45, 2.75) is 53.8 Å². The van der Waals surface area contributed by atoms with E-state index in [0.29, 0.717) is 12.1 Å².